The summed E-state index contributed by atoms with van der Waals surface area (Å²) in [4.78, 5) is 11.0. The second-order valence-electron chi connectivity index (χ2n) is 9.69. The number of carbonyl (C=O) groups is 1. The molecule has 0 saturated heterocycles. The fourth-order valence-electron chi connectivity index (χ4n) is 4.14. The third kappa shape index (κ3) is 9.12. The first-order valence-electron chi connectivity index (χ1n) is 13.7. The van der Waals surface area contributed by atoms with Gasteiger partial charge in [-0.1, -0.05) is 85.8 Å². The average molecular weight is 580 g/mol. The lowest BCUT2D eigenvalue weighted by atomic mass is 10.1. The number of unbranched alkanes of at least 4 members (excludes halogenated alkanes) is 1. The highest BCUT2D eigenvalue weighted by molar-refractivity contribution is 7.95. The minimum atomic E-state index is -3.93. The fourth-order valence-corrected chi connectivity index (χ4v) is 5.36. The van der Waals surface area contributed by atoms with E-state index in [1.165, 1.54) is 34.2 Å². The fraction of sp³-hybridized carbons (Fsp3) is 0.171. The molecule has 0 bridgehead atoms. The van der Waals surface area contributed by atoms with Gasteiger partial charge in [-0.25, -0.2) is 13.2 Å². The summed E-state index contributed by atoms with van der Waals surface area (Å²) in [7, 11) is -3.93. The number of hydrogen-bond donors (Lipinski definition) is 1. The molecule has 0 amide bonds. The summed E-state index contributed by atoms with van der Waals surface area (Å²) < 4.78 is 33.7. The first-order chi connectivity index (χ1) is 20.3. The van der Waals surface area contributed by atoms with E-state index in [9.17, 15) is 13.2 Å². The molecular weight excluding hydrogens is 546 g/mol. The first kappa shape index (κ1) is 30.2. The molecule has 7 heteroatoms. The predicted molar refractivity (Wildman–Crippen MR) is 168 cm³/mol. The van der Waals surface area contributed by atoms with Crippen LogP contribution in [0.15, 0.2) is 109 Å². The molecule has 6 nitrogen and oxygen atoms in total. The van der Waals surface area contributed by atoms with Crippen molar-refractivity contribution in [3.05, 3.63) is 136 Å². The van der Waals surface area contributed by atoms with E-state index < -0.39 is 22.6 Å². The summed E-state index contributed by atoms with van der Waals surface area (Å²) in [5.74, 6) is 5.50. The third-order valence-electron chi connectivity index (χ3n) is 6.41. The molecule has 0 unspecified atom stereocenters. The van der Waals surface area contributed by atoms with Gasteiger partial charge in [0.15, 0.2) is 6.61 Å². The Labute approximate surface area is 248 Å². The number of hydrogen-bond acceptors (Lipinski definition) is 4. The molecule has 0 atom stereocenters. The third-order valence-corrected chi connectivity index (χ3v) is 7.85. The van der Waals surface area contributed by atoms with Crippen molar-refractivity contribution in [1.29, 1.82) is 0 Å². The van der Waals surface area contributed by atoms with Crippen molar-refractivity contribution in [3.63, 3.8) is 0 Å². The van der Waals surface area contributed by atoms with Crippen LogP contribution >= 0.6 is 0 Å². The van der Waals surface area contributed by atoms with Crippen LogP contribution in [0.4, 0.5) is 5.69 Å². The molecule has 0 heterocycles. The first-order valence-corrected chi connectivity index (χ1v) is 15.2. The summed E-state index contributed by atoms with van der Waals surface area (Å²) in [5, 5.41) is 10.1. The molecule has 0 aromatic heterocycles. The van der Waals surface area contributed by atoms with Crippen molar-refractivity contribution >= 4 is 27.8 Å². The Morgan fingerprint density at radius 1 is 0.857 bits per heavy atom. The zero-order valence-corrected chi connectivity index (χ0v) is 24.3. The highest BCUT2D eigenvalue weighted by atomic mass is 32.2. The van der Waals surface area contributed by atoms with Crippen molar-refractivity contribution in [1.82, 2.24) is 0 Å². The summed E-state index contributed by atoms with van der Waals surface area (Å²) >= 11 is 0. The number of aliphatic carboxylic acids is 1. The highest BCUT2D eigenvalue weighted by Gasteiger charge is 2.21. The molecule has 4 rings (SSSR count). The van der Waals surface area contributed by atoms with Crippen molar-refractivity contribution in [2.24, 2.45) is 0 Å². The van der Waals surface area contributed by atoms with Gasteiger partial charge in [-0.05, 0) is 72.0 Å². The molecule has 1 N–H and O–H groups in total. The molecule has 0 radical (unpaired) electrons. The Kier molecular flexibility index (Phi) is 10.6. The average Bonchev–Trinajstić information content (AvgIpc) is 3.01. The molecule has 4 aromatic rings. The van der Waals surface area contributed by atoms with Gasteiger partial charge in [-0.15, -0.1) is 0 Å². The van der Waals surface area contributed by atoms with E-state index in [2.05, 4.69) is 30.9 Å². The number of aryl methyl sites for hydroxylation is 1. The Morgan fingerprint density at radius 2 is 1.50 bits per heavy atom. The van der Waals surface area contributed by atoms with Crippen LogP contribution in [0, 0.1) is 11.8 Å². The number of sulfonamides is 1. The van der Waals surface area contributed by atoms with E-state index in [0.717, 1.165) is 28.7 Å². The van der Waals surface area contributed by atoms with E-state index >= 15 is 0 Å². The number of anilines is 1. The monoisotopic (exact) mass is 579 g/mol. The van der Waals surface area contributed by atoms with Gasteiger partial charge in [0.2, 0.25) is 0 Å². The molecule has 4 aromatic carbocycles. The summed E-state index contributed by atoms with van der Waals surface area (Å²) in [6.45, 7) is 1.70. The van der Waals surface area contributed by atoms with Crippen LogP contribution in [0.25, 0.3) is 6.08 Å². The zero-order chi connectivity index (χ0) is 29.8. The van der Waals surface area contributed by atoms with Gasteiger partial charge in [-0.3, -0.25) is 4.31 Å². The van der Waals surface area contributed by atoms with Crippen LogP contribution in [-0.4, -0.2) is 26.1 Å². The lowest BCUT2D eigenvalue weighted by Crippen LogP contribution is -2.28. The molecule has 0 aliphatic heterocycles. The molecule has 0 aliphatic carbocycles. The predicted octanol–water partition coefficient (Wildman–Crippen LogP) is 6.90. The standard InChI is InChI=1S/C35H33NO5S/c1-2-3-8-29-13-15-30(16-14-29)17-18-31-19-21-32(22-20-31)26-36(33-11-7-12-34(25-33)41-27-35(37)38)42(39,40)24-23-28-9-5-4-6-10-28/h4-7,9-16,19-25H,2-3,8,26-27H2,1H3,(H,37,38)/b24-23+. The normalized spacial score (nSPS) is 11.1. The lowest BCUT2D eigenvalue weighted by Gasteiger charge is -2.23. The van der Waals surface area contributed by atoms with Gasteiger partial charge in [0.25, 0.3) is 10.0 Å². The summed E-state index contributed by atoms with van der Waals surface area (Å²) in [6.07, 6.45) is 4.95. The van der Waals surface area contributed by atoms with Crippen molar-refractivity contribution in [2.45, 2.75) is 32.7 Å². The van der Waals surface area contributed by atoms with Gasteiger partial charge >= 0.3 is 5.97 Å². The Morgan fingerprint density at radius 3 is 2.12 bits per heavy atom. The van der Waals surface area contributed by atoms with Crippen LogP contribution in [0.3, 0.4) is 0 Å². The van der Waals surface area contributed by atoms with E-state index in [4.69, 9.17) is 9.84 Å². The van der Waals surface area contributed by atoms with E-state index in [0.29, 0.717) is 5.69 Å². The Bertz CT molecular complexity index is 1670. The smallest absolute Gasteiger partial charge is 0.341 e. The molecular formula is C35H33NO5S. The van der Waals surface area contributed by atoms with E-state index in [1.807, 2.05) is 66.7 Å². The molecule has 0 spiro atoms. The van der Waals surface area contributed by atoms with Crippen molar-refractivity contribution in [3.8, 4) is 17.6 Å². The summed E-state index contributed by atoms with van der Waals surface area (Å²) in [6, 6.07) is 31.3. The molecule has 214 valence electrons. The van der Waals surface area contributed by atoms with Crippen LogP contribution in [-0.2, 0) is 27.8 Å². The highest BCUT2D eigenvalue weighted by Crippen LogP contribution is 2.27. The topological polar surface area (TPSA) is 83.9 Å². The van der Waals surface area contributed by atoms with E-state index in [-0.39, 0.29) is 12.3 Å². The second kappa shape index (κ2) is 14.7. The van der Waals surface area contributed by atoms with Crippen molar-refractivity contribution in [2.75, 3.05) is 10.9 Å². The molecule has 42 heavy (non-hydrogen) atoms. The molecule has 0 fully saturated rings. The lowest BCUT2D eigenvalue weighted by molar-refractivity contribution is -0.139. The number of carboxylic acids is 1. The summed E-state index contributed by atoms with van der Waals surface area (Å²) in [5.41, 5.74) is 4.92. The van der Waals surface area contributed by atoms with Gasteiger partial charge in [0, 0.05) is 17.2 Å². The van der Waals surface area contributed by atoms with Crippen molar-refractivity contribution < 1.29 is 23.1 Å². The van der Waals surface area contributed by atoms with Gasteiger partial charge in [0.05, 0.1) is 17.6 Å². The number of nitrogens with zero attached hydrogens (tertiary/aromatic N) is 1. The number of carboxylic acid groups (broad SMARTS) is 1. The quantitative estimate of drug-likeness (QED) is 0.185. The second-order valence-corrected chi connectivity index (χ2v) is 11.4. The van der Waals surface area contributed by atoms with Crippen LogP contribution in [0.2, 0.25) is 0 Å². The number of rotatable bonds is 12. The maximum atomic E-state index is 13.6. The molecule has 0 aliphatic rings. The maximum absolute atomic E-state index is 13.6. The van der Waals surface area contributed by atoms with Crippen LogP contribution in [0.1, 0.15) is 47.6 Å². The zero-order valence-electron chi connectivity index (χ0n) is 23.4. The maximum Gasteiger partial charge on any atom is 0.341 e. The molecule has 0 saturated carbocycles. The van der Waals surface area contributed by atoms with Crippen LogP contribution in [0.5, 0.6) is 5.75 Å². The van der Waals surface area contributed by atoms with Gasteiger partial charge in [-0.2, -0.15) is 0 Å². The Balaban J connectivity index is 1.56. The van der Waals surface area contributed by atoms with Crippen LogP contribution < -0.4 is 9.04 Å². The van der Waals surface area contributed by atoms with E-state index in [1.54, 1.807) is 24.3 Å². The van der Waals surface area contributed by atoms with Gasteiger partial charge < -0.3 is 9.84 Å². The van der Waals surface area contributed by atoms with Gasteiger partial charge in [0.1, 0.15) is 5.75 Å². The largest absolute Gasteiger partial charge is 0.482 e. The SMILES string of the molecule is CCCCc1ccc(C#Cc2ccc(CN(c3cccc(OCC(=O)O)c3)S(=O)(=O)/C=C/c3ccccc3)cc2)cc1. The minimum absolute atomic E-state index is 0.0524. The minimum Gasteiger partial charge on any atom is -0.482 e. The Hall–Kier alpha value is -4.80. The number of benzene rings is 4. The number of ether oxygens (including phenoxy) is 1.